The highest BCUT2D eigenvalue weighted by Gasteiger charge is 2.27. The zero-order valence-electron chi connectivity index (χ0n) is 11.3. The van der Waals surface area contributed by atoms with Gasteiger partial charge in [0, 0.05) is 18.2 Å². The molecule has 0 radical (unpaired) electrons. The first-order valence-corrected chi connectivity index (χ1v) is 7.00. The van der Waals surface area contributed by atoms with Crippen LogP contribution in [0.25, 0.3) is 0 Å². The predicted octanol–water partition coefficient (Wildman–Crippen LogP) is 3.10. The second-order valence-corrected chi connectivity index (χ2v) is 5.72. The van der Waals surface area contributed by atoms with E-state index in [1.807, 2.05) is 0 Å². The summed E-state index contributed by atoms with van der Waals surface area (Å²) in [4.78, 5) is 0. The summed E-state index contributed by atoms with van der Waals surface area (Å²) >= 11 is 0. The van der Waals surface area contributed by atoms with Gasteiger partial charge in [-0.05, 0) is 45.4 Å². The number of aliphatic hydroxyl groups is 1. The van der Waals surface area contributed by atoms with Crippen LogP contribution in [-0.2, 0) is 0 Å². The maximum Gasteiger partial charge on any atom is 0.0448 e. The van der Waals surface area contributed by atoms with Gasteiger partial charge in [-0.15, -0.1) is 0 Å². The molecule has 1 saturated carbocycles. The van der Waals surface area contributed by atoms with Crippen molar-refractivity contribution < 1.29 is 5.11 Å². The minimum atomic E-state index is 0.117. The molecule has 2 atom stereocenters. The highest BCUT2D eigenvalue weighted by atomic mass is 16.3. The quantitative estimate of drug-likeness (QED) is 0.731. The summed E-state index contributed by atoms with van der Waals surface area (Å²) in [5, 5.41) is 12.9. The van der Waals surface area contributed by atoms with Crippen molar-refractivity contribution in [2.45, 2.75) is 77.3 Å². The lowest BCUT2D eigenvalue weighted by atomic mass is 9.82. The van der Waals surface area contributed by atoms with Gasteiger partial charge in [-0.2, -0.15) is 0 Å². The van der Waals surface area contributed by atoms with Gasteiger partial charge >= 0.3 is 0 Å². The van der Waals surface area contributed by atoms with Crippen LogP contribution < -0.4 is 5.32 Å². The summed E-state index contributed by atoms with van der Waals surface area (Å²) in [6.07, 6.45) is 8.94. The van der Waals surface area contributed by atoms with Gasteiger partial charge in [0.15, 0.2) is 0 Å². The van der Waals surface area contributed by atoms with Gasteiger partial charge in [0.25, 0.3) is 0 Å². The Hall–Kier alpha value is -0.0800. The van der Waals surface area contributed by atoms with Crippen molar-refractivity contribution >= 4 is 0 Å². The largest absolute Gasteiger partial charge is 0.396 e. The lowest BCUT2D eigenvalue weighted by Gasteiger charge is -2.37. The van der Waals surface area contributed by atoms with Gasteiger partial charge in [0.05, 0.1) is 0 Å². The summed E-state index contributed by atoms with van der Waals surface area (Å²) in [5.41, 5.74) is 0.117. The number of aliphatic hydroxyl groups excluding tert-OH is 1. The molecule has 2 unspecified atom stereocenters. The van der Waals surface area contributed by atoms with E-state index in [-0.39, 0.29) is 12.1 Å². The van der Waals surface area contributed by atoms with Crippen molar-refractivity contribution in [1.82, 2.24) is 5.32 Å². The molecule has 1 fully saturated rings. The van der Waals surface area contributed by atoms with E-state index in [4.69, 9.17) is 5.11 Å². The third-order valence-corrected chi connectivity index (χ3v) is 4.38. The van der Waals surface area contributed by atoms with Crippen LogP contribution in [0, 0.1) is 5.92 Å². The average Bonchev–Trinajstić information content (AvgIpc) is 2.30. The third kappa shape index (κ3) is 4.06. The lowest BCUT2D eigenvalue weighted by molar-refractivity contribution is 0.175. The highest BCUT2D eigenvalue weighted by Crippen LogP contribution is 2.28. The fourth-order valence-corrected chi connectivity index (χ4v) is 2.90. The topological polar surface area (TPSA) is 32.3 Å². The summed E-state index contributed by atoms with van der Waals surface area (Å²) in [6, 6.07) is 0.594. The van der Waals surface area contributed by atoms with Crippen molar-refractivity contribution in [3.05, 3.63) is 0 Å². The molecule has 1 aliphatic carbocycles. The molecule has 0 aromatic rings. The van der Waals surface area contributed by atoms with Crippen molar-refractivity contribution in [3.8, 4) is 0 Å². The minimum Gasteiger partial charge on any atom is -0.396 e. The van der Waals surface area contributed by atoms with Crippen LogP contribution in [0.4, 0.5) is 0 Å². The fraction of sp³-hybridized carbons (Fsp3) is 1.00. The second-order valence-electron chi connectivity index (χ2n) is 5.72. The Bertz CT molecular complexity index is 189. The van der Waals surface area contributed by atoms with Gasteiger partial charge in [-0.1, -0.05) is 26.2 Å². The third-order valence-electron chi connectivity index (χ3n) is 4.38. The Kier molecular flexibility index (Phi) is 5.77. The van der Waals surface area contributed by atoms with E-state index in [1.165, 1.54) is 32.1 Å². The Labute approximate surface area is 101 Å². The molecule has 2 N–H and O–H groups in total. The van der Waals surface area contributed by atoms with Crippen molar-refractivity contribution in [2.75, 3.05) is 6.61 Å². The number of nitrogens with one attached hydrogen (secondary N) is 1. The molecule has 1 aliphatic rings. The van der Waals surface area contributed by atoms with E-state index >= 15 is 0 Å². The van der Waals surface area contributed by atoms with Crippen LogP contribution in [-0.4, -0.2) is 23.3 Å². The molecule has 2 heteroatoms. The van der Waals surface area contributed by atoms with Gasteiger partial charge in [-0.25, -0.2) is 0 Å². The minimum absolute atomic E-state index is 0.117. The first-order chi connectivity index (χ1) is 7.61. The molecule has 0 heterocycles. The van der Waals surface area contributed by atoms with E-state index in [0.717, 1.165) is 18.8 Å². The van der Waals surface area contributed by atoms with E-state index in [9.17, 15) is 0 Å². The van der Waals surface area contributed by atoms with Gasteiger partial charge in [-0.3, -0.25) is 0 Å². The Morgan fingerprint density at radius 2 is 1.94 bits per heavy atom. The van der Waals surface area contributed by atoms with Crippen LogP contribution in [0.5, 0.6) is 0 Å². The number of rotatable bonds is 6. The lowest BCUT2D eigenvalue weighted by Crippen LogP contribution is -2.50. The van der Waals surface area contributed by atoms with Crippen LogP contribution in [0.3, 0.4) is 0 Å². The summed E-state index contributed by atoms with van der Waals surface area (Å²) in [6.45, 7) is 7.05. The normalized spacial score (nSPS) is 24.0. The second kappa shape index (κ2) is 6.61. The van der Waals surface area contributed by atoms with Crippen LogP contribution >= 0.6 is 0 Å². The van der Waals surface area contributed by atoms with E-state index in [2.05, 4.69) is 26.1 Å². The first-order valence-electron chi connectivity index (χ1n) is 7.00. The maximum absolute atomic E-state index is 9.12. The molecule has 2 nitrogen and oxygen atoms in total. The highest BCUT2D eigenvalue weighted by molar-refractivity contribution is 4.87. The Morgan fingerprint density at radius 3 is 2.44 bits per heavy atom. The van der Waals surface area contributed by atoms with E-state index in [0.29, 0.717) is 6.04 Å². The van der Waals surface area contributed by atoms with Crippen molar-refractivity contribution in [3.63, 3.8) is 0 Å². The molecule has 0 aromatic carbocycles. The first kappa shape index (κ1) is 14.0. The van der Waals surface area contributed by atoms with Crippen molar-refractivity contribution in [2.24, 2.45) is 5.92 Å². The monoisotopic (exact) mass is 227 g/mol. The number of hydrogen-bond acceptors (Lipinski definition) is 2. The Balaban J connectivity index is 2.43. The Morgan fingerprint density at radius 1 is 1.31 bits per heavy atom. The molecular weight excluding hydrogens is 198 g/mol. The number of hydrogen-bond donors (Lipinski definition) is 2. The van der Waals surface area contributed by atoms with Gasteiger partial charge in [0.1, 0.15) is 0 Å². The zero-order chi connectivity index (χ0) is 12.0. The predicted molar refractivity (Wildman–Crippen MR) is 69.6 cm³/mol. The smallest absolute Gasteiger partial charge is 0.0448 e. The molecule has 0 amide bonds. The molecular formula is C14H29NO. The summed E-state index contributed by atoms with van der Waals surface area (Å²) in [7, 11) is 0. The summed E-state index contributed by atoms with van der Waals surface area (Å²) in [5.74, 6) is 0.846. The van der Waals surface area contributed by atoms with Crippen molar-refractivity contribution in [1.29, 1.82) is 0 Å². The molecule has 0 spiro atoms. The molecule has 0 saturated heterocycles. The summed E-state index contributed by atoms with van der Waals surface area (Å²) < 4.78 is 0. The van der Waals surface area contributed by atoms with Gasteiger partial charge < -0.3 is 10.4 Å². The molecule has 16 heavy (non-hydrogen) atoms. The average molecular weight is 227 g/mol. The van der Waals surface area contributed by atoms with Crippen LogP contribution in [0.15, 0.2) is 0 Å². The van der Waals surface area contributed by atoms with E-state index < -0.39 is 0 Å². The maximum atomic E-state index is 9.12. The standard InChI is InChI=1S/C14H29NO/c1-4-14(3,10-11-16)15-12(2)13-8-6-5-7-9-13/h12-13,15-16H,4-11H2,1-3H3. The zero-order valence-corrected chi connectivity index (χ0v) is 11.3. The SMILES string of the molecule is CCC(C)(CCO)NC(C)C1CCCCC1. The van der Waals surface area contributed by atoms with Crippen LogP contribution in [0.2, 0.25) is 0 Å². The molecule has 0 aromatic heterocycles. The molecule has 1 rings (SSSR count). The molecule has 0 bridgehead atoms. The molecule has 96 valence electrons. The molecule has 0 aliphatic heterocycles. The van der Waals surface area contributed by atoms with Crippen LogP contribution in [0.1, 0.15) is 65.7 Å². The fourth-order valence-electron chi connectivity index (χ4n) is 2.90. The van der Waals surface area contributed by atoms with Gasteiger partial charge in [0.2, 0.25) is 0 Å². The van der Waals surface area contributed by atoms with E-state index in [1.54, 1.807) is 0 Å².